The van der Waals surface area contributed by atoms with Crippen LogP contribution < -0.4 is 23.8 Å². The molecule has 53 heavy (non-hydrogen) atoms. The van der Waals surface area contributed by atoms with Crippen LogP contribution in [0.25, 0.3) is 10.4 Å². The molecule has 2 atom stereocenters. The molecule has 6 rings (SSSR count). The normalized spacial score (nSPS) is 18.8. The lowest BCUT2D eigenvalue weighted by Gasteiger charge is -2.26. The molecule has 0 unspecified atom stereocenters. The molecule has 2 aromatic rings. The highest BCUT2D eigenvalue weighted by Crippen LogP contribution is 2.41. The molecule has 15 heteroatoms. The van der Waals surface area contributed by atoms with Crippen molar-refractivity contribution in [1.29, 1.82) is 0 Å². The molecule has 4 aliphatic rings. The molecule has 280 valence electrons. The first-order valence-corrected chi connectivity index (χ1v) is 17.8. The van der Waals surface area contributed by atoms with E-state index in [4.69, 9.17) is 29.2 Å². The fourth-order valence-electron chi connectivity index (χ4n) is 7.09. The number of nitrogens with zero attached hydrogens (tertiary/aromatic N) is 7. The fraction of sp³-hybridized carbons (Fsp3) is 0.474. The first-order chi connectivity index (χ1) is 25.7. The van der Waals surface area contributed by atoms with E-state index in [-0.39, 0.29) is 56.0 Å². The monoisotopic (exact) mass is 727 g/mol. The van der Waals surface area contributed by atoms with Crippen molar-refractivity contribution >= 4 is 35.3 Å². The van der Waals surface area contributed by atoms with Crippen LogP contribution in [0, 0.1) is 0 Å². The molecule has 0 aliphatic carbocycles. The number of fused-ring (bicyclic) bond motifs is 4. The molecule has 3 amide bonds. The Morgan fingerprint density at radius 3 is 2.25 bits per heavy atom. The Bertz CT molecular complexity index is 1860. The van der Waals surface area contributed by atoms with Crippen molar-refractivity contribution in [3.63, 3.8) is 0 Å². The predicted octanol–water partition coefficient (Wildman–Crippen LogP) is 5.65. The van der Waals surface area contributed by atoms with Gasteiger partial charge in [0, 0.05) is 49.4 Å². The highest BCUT2D eigenvalue weighted by molar-refractivity contribution is 6.07. The van der Waals surface area contributed by atoms with E-state index in [1.165, 1.54) is 7.11 Å². The number of hydrogen-bond donors (Lipinski definition) is 0. The van der Waals surface area contributed by atoms with E-state index in [1.807, 2.05) is 0 Å². The van der Waals surface area contributed by atoms with Gasteiger partial charge in [0.25, 0.3) is 11.8 Å². The van der Waals surface area contributed by atoms with Crippen molar-refractivity contribution in [1.82, 2.24) is 9.80 Å². The number of unbranched alkanes of at least 4 members (excludes halogenated alkanes) is 2. The molecule has 0 bridgehead atoms. The largest absolute Gasteiger partial charge is 0.493 e. The quantitative estimate of drug-likeness (QED) is 0.0703. The number of amides is 3. The van der Waals surface area contributed by atoms with Crippen molar-refractivity contribution in [2.75, 3.05) is 71.7 Å². The van der Waals surface area contributed by atoms with Gasteiger partial charge in [0.2, 0.25) is 5.91 Å². The van der Waals surface area contributed by atoms with Crippen molar-refractivity contribution in [3.05, 3.63) is 70.1 Å². The van der Waals surface area contributed by atoms with Gasteiger partial charge in [-0.05, 0) is 49.8 Å². The fourth-order valence-corrected chi connectivity index (χ4v) is 7.09. The summed E-state index contributed by atoms with van der Waals surface area (Å²) < 4.78 is 29.0. The lowest BCUT2D eigenvalue weighted by Crippen LogP contribution is -2.42. The summed E-state index contributed by atoms with van der Waals surface area (Å²) in [5.74, 6) is 1.33. The molecular formula is C38H45N7O8. The third-order valence-electron chi connectivity index (χ3n) is 9.73. The number of carbonyl (C=O) groups excluding carboxylic acids is 3. The Hall–Kier alpha value is -5.53. The number of anilines is 1. The van der Waals surface area contributed by atoms with E-state index in [0.717, 1.165) is 24.0 Å². The summed E-state index contributed by atoms with van der Waals surface area (Å²) in [6, 6.07) is 6.51. The minimum Gasteiger partial charge on any atom is -0.493 e. The van der Waals surface area contributed by atoms with Crippen LogP contribution in [0.2, 0.25) is 0 Å². The van der Waals surface area contributed by atoms with Gasteiger partial charge in [-0.1, -0.05) is 29.4 Å². The van der Waals surface area contributed by atoms with E-state index in [1.54, 1.807) is 52.3 Å². The van der Waals surface area contributed by atoms with Crippen LogP contribution in [0.3, 0.4) is 0 Å². The molecule has 0 aromatic heterocycles. The number of hydrogen-bond acceptors (Lipinski definition) is 10. The van der Waals surface area contributed by atoms with Gasteiger partial charge in [0.1, 0.15) is 0 Å². The van der Waals surface area contributed by atoms with Gasteiger partial charge in [-0.15, -0.1) is 0 Å². The van der Waals surface area contributed by atoms with Crippen LogP contribution >= 0.6 is 0 Å². The molecule has 0 spiro atoms. The van der Waals surface area contributed by atoms with Crippen molar-refractivity contribution in [3.8, 4) is 23.0 Å². The second kappa shape index (κ2) is 16.9. The van der Waals surface area contributed by atoms with Gasteiger partial charge in [-0.2, -0.15) is 0 Å². The molecule has 2 saturated heterocycles. The van der Waals surface area contributed by atoms with Gasteiger partial charge < -0.3 is 38.4 Å². The third-order valence-corrected chi connectivity index (χ3v) is 9.73. The summed E-state index contributed by atoms with van der Waals surface area (Å²) in [5, 5.41) is 3.44. The Labute approximate surface area is 308 Å². The molecular weight excluding hydrogens is 682 g/mol. The maximum Gasteiger partial charge on any atom is 0.257 e. The van der Waals surface area contributed by atoms with Gasteiger partial charge >= 0.3 is 0 Å². The van der Waals surface area contributed by atoms with Crippen LogP contribution in [-0.4, -0.2) is 113 Å². The molecule has 15 nitrogen and oxygen atoms in total. The second-order valence-corrected chi connectivity index (χ2v) is 13.4. The molecule has 2 fully saturated rings. The van der Waals surface area contributed by atoms with Crippen LogP contribution in [0.1, 0.15) is 59.2 Å². The van der Waals surface area contributed by atoms with Gasteiger partial charge in [0.15, 0.2) is 23.0 Å². The van der Waals surface area contributed by atoms with E-state index in [0.29, 0.717) is 97.6 Å². The minimum absolute atomic E-state index is 0.0834. The molecule has 2 aromatic carbocycles. The summed E-state index contributed by atoms with van der Waals surface area (Å²) in [5.41, 5.74) is 12.3. The number of ether oxygens (including phenoxy) is 5. The molecule has 0 N–H and O–H groups in total. The zero-order chi connectivity index (χ0) is 37.5. The maximum atomic E-state index is 13.8. The summed E-state index contributed by atoms with van der Waals surface area (Å²) in [6.07, 6.45) is 5.44. The first kappa shape index (κ1) is 37.2. The van der Waals surface area contributed by atoms with Gasteiger partial charge in [0.05, 0.1) is 81.7 Å². The van der Waals surface area contributed by atoms with Crippen molar-refractivity contribution in [2.24, 2.45) is 10.1 Å². The Kier molecular flexibility index (Phi) is 11.9. The minimum atomic E-state index is -0.200. The smallest absolute Gasteiger partial charge is 0.257 e. The third kappa shape index (κ3) is 8.26. The Morgan fingerprint density at radius 2 is 1.53 bits per heavy atom. The van der Waals surface area contributed by atoms with Crippen molar-refractivity contribution < 1.29 is 38.1 Å². The lowest BCUT2D eigenvalue weighted by atomic mass is 10.1. The van der Waals surface area contributed by atoms with Gasteiger partial charge in [-0.25, -0.2) is 0 Å². The maximum absolute atomic E-state index is 13.8. The zero-order valence-corrected chi connectivity index (χ0v) is 30.3. The van der Waals surface area contributed by atoms with Crippen LogP contribution in [0.5, 0.6) is 23.0 Å². The number of aliphatic imine (C=N–C) groups is 1. The molecule has 4 aliphatic heterocycles. The highest BCUT2D eigenvalue weighted by Gasteiger charge is 2.40. The van der Waals surface area contributed by atoms with Crippen LogP contribution in [-0.2, 0) is 9.53 Å². The highest BCUT2D eigenvalue weighted by atomic mass is 16.5. The van der Waals surface area contributed by atoms with E-state index < -0.39 is 0 Å². The number of benzene rings is 2. The first-order valence-electron chi connectivity index (χ1n) is 17.8. The van der Waals surface area contributed by atoms with E-state index >= 15 is 0 Å². The van der Waals surface area contributed by atoms with E-state index in [9.17, 15) is 14.4 Å². The van der Waals surface area contributed by atoms with Crippen molar-refractivity contribution in [2.45, 2.75) is 50.6 Å². The topological polar surface area (TPSA) is 168 Å². The zero-order valence-electron chi connectivity index (χ0n) is 30.3. The van der Waals surface area contributed by atoms with Gasteiger partial charge in [-0.3, -0.25) is 19.4 Å². The number of azide groups is 1. The number of carbonyl (C=O) groups is 3. The average molecular weight is 728 g/mol. The summed E-state index contributed by atoms with van der Waals surface area (Å²) in [6.45, 7) is 10.7. The number of methoxy groups -OCH3 is 2. The van der Waals surface area contributed by atoms with Crippen LogP contribution in [0.15, 0.2) is 58.7 Å². The molecule has 4 heterocycles. The van der Waals surface area contributed by atoms with E-state index in [2.05, 4.69) is 28.2 Å². The standard InChI is InChI=1S/C38H45N7O8/c1-24-14-26-20-40-30-18-34(32(49-3)16-28(30)37(47)43(26)21-24)52-10-6-5-7-11-53-35-19-31-29(17-33(35)50-4)38(48)44-22-25(2)15-27(44)23-45(31)36(46)8-12-51-13-9-41-42-39/h16-20,26-27H,1-2,5-15,21-23H2,3-4H3/t26-,27-/m0/s1. The lowest BCUT2D eigenvalue weighted by molar-refractivity contribution is -0.119. The van der Waals surface area contributed by atoms with Crippen LogP contribution in [0.4, 0.5) is 11.4 Å². The molecule has 0 saturated carbocycles. The average Bonchev–Trinajstić information content (AvgIpc) is 3.67. The Balaban J connectivity index is 1.06. The molecule has 0 radical (unpaired) electrons. The SMILES string of the molecule is C=C1C[C@H]2CN(C(=O)CCOCCN=[N+]=[N-])c3cc(OCCCCCOc4cc5c(cc4OC)C(=O)N4CC(=C)C[C@H]4C=N5)c(OC)cc3C(=O)N2C1. The summed E-state index contributed by atoms with van der Waals surface area (Å²) >= 11 is 0. The summed E-state index contributed by atoms with van der Waals surface area (Å²) in [7, 11) is 3.06. The summed E-state index contributed by atoms with van der Waals surface area (Å²) in [4.78, 5) is 53.1. The predicted molar refractivity (Wildman–Crippen MR) is 198 cm³/mol. The second-order valence-electron chi connectivity index (χ2n) is 13.4. The number of rotatable bonds is 16. The Morgan fingerprint density at radius 1 is 0.868 bits per heavy atom.